The first-order chi connectivity index (χ1) is 8.65. The molecule has 1 heterocycles. The number of halogens is 2. The Morgan fingerprint density at radius 3 is 2.50 bits per heavy atom. The van der Waals surface area contributed by atoms with Gasteiger partial charge in [0, 0.05) is 6.07 Å². The Morgan fingerprint density at radius 1 is 1.06 bits per heavy atom. The smallest absolute Gasteiger partial charge is 0.144 e. The van der Waals surface area contributed by atoms with Crippen molar-refractivity contribution in [3.05, 3.63) is 48.0 Å². The van der Waals surface area contributed by atoms with E-state index < -0.39 is 11.6 Å². The van der Waals surface area contributed by atoms with Crippen LogP contribution in [0, 0.1) is 11.6 Å². The molecule has 0 spiro atoms. The second kappa shape index (κ2) is 3.80. The standard InChI is InChI=1S/C13H8F2N2O/c14-8-2-1-3-9(15)12(8)13-16-10-5-4-7(18)6-11(10)17-13/h1-6,18H,(H,16,17). The highest BCUT2D eigenvalue weighted by Crippen LogP contribution is 2.26. The van der Waals surface area contributed by atoms with Crippen molar-refractivity contribution in [2.75, 3.05) is 0 Å². The number of nitrogens with zero attached hydrogens (tertiary/aromatic N) is 1. The SMILES string of the molecule is Oc1ccc2nc(-c3c(F)cccc3F)[nH]c2c1. The van der Waals surface area contributed by atoms with E-state index in [-0.39, 0.29) is 17.1 Å². The minimum absolute atomic E-state index is 0.0618. The largest absolute Gasteiger partial charge is 0.508 e. The lowest BCUT2D eigenvalue weighted by Crippen LogP contribution is -1.90. The van der Waals surface area contributed by atoms with Crippen LogP contribution in [0.3, 0.4) is 0 Å². The van der Waals surface area contributed by atoms with Crippen LogP contribution in [-0.4, -0.2) is 15.1 Å². The van der Waals surface area contributed by atoms with Gasteiger partial charge in [-0.1, -0.05) is 6.07 Å². The highest BCUT2D eigenvalue weighted by Gasteiger charge is 2.14. The molecule has 1 aromatic heterocycles. The molecular formula is C13H8F2N2O. The van der Waals surface area contributed by atoms with Gasteiger partial charge in [-0.25, -0.2) is 13.8 Å². The molecule has 3 nitrogen and oxygen atoms in total. The van der Waals surface area contributed by atoms with Crippen LogP contribution in [0.4, 0.5) is 8.78 Å². The summed E-state index contributed by atoms with van der Waals surface area (Å²) in [5, 5.41) is 9.32. The first-order valence-electron chi connectivity index (χ1n) is 5.28. The van der Waals surface area contributed by atoms with E-state index in [4.69, 9.17) is 0 Å². The Balaban J connectivity index is 2.26. The van der Waals surface area contributed by atoms with Crippen molar-refractivity contribution in [3.63, 3.8) is 0 Å². The van der Waals surface area contributed by atoms with Gasteiger partial charge >= 0.3 is 0 Å². The van der Waals surface area contributed by atoms with Crippen LogP contribution in [0.5, 0.6) is 5.75 Å². The molecule has 0 atom stereocenters. The maximum absolute atomic E-state index is 13.6. The van der Waals surface area contributed by atoms with E-state index >= 15 is 0 Å². The number of fused-ring (bicyclic) bond motifs is 1. The summed E-state index contributed by atoms with van der Waals surface area (Å²) in [5.41, 5.74) is 0.853. The van der Waals surface area contributed by atoms with Gasteiger partial charge in [0.15, 0.2) is 0 Å². The predicted molar refractivity (Wildman–Crippen MR) is 63.1 cm³/mol. The zero-order chi connectivity index (χ0) is 12.7. The molecule has 2 N–H and O–H groups in total. The molecule has 0 saturated carbocycles. The number of phenols is 1. The highest BCUT2D eigenvalue weighted by atomic mass is 19.1. The number of aromatic amines is 1. The molecule has 0 bridgehead atoms. The molecule has 90 valence electrons. The molecule has 18 heavy (non-hydrogen) atoms. The van der Waals surface area contributed by atoms with Gasteiger partial charge in [0.2, 0.25) is 0 Å². The number of hydrogen-bond donors (Lipinski definition) is 2. The molecule has 0 saturated heterocycles. The fourth-order valence-corrected chi connectivity index (χ4v) is 1.84. The summed E-state index contributed by atoms with van der Waals surface area (Å²) in [5.74, 6) is -1.20. The summed E-state index contributed by atoms with van der Waals surface area (Å²) in [6.07, 6.45) is 0. The van der Waals surface area contributed by atoms with Gasteiger partial charge in [0.1, 0.15) is 23.2 Å². The molecule has 3 aromatic rings. The Hall–Kier alpha value is -2.43. The number of benzene rings is 2. The molecule has 0 unspecified atom stereocenters. The van der Waals surface area contributed by atoms with Crippen LogP contribution in [0.15, 0.2) is 36.4 Å². The van der Waals surface area contributed by atoms with Crippen LogP contribution in [0.25, 0.3) is 22.4 Å². The van der Waals surface area contributed by atoms with Crippen LogP contribution in [0.1, 0.15) is 0 Å². The van der Waals surface area contributed by atoms with Crippen molar-refractivity contribution >= 4 is 11.0 Å². The molecule has 0 aliphatic heterocycles. The number of rotatable bonds is 1. The fraction of sp³-hybridized carbons (Fsp3) is 0. The summed E-state index contributed by atoms with van der Waals surface area (Å²) >= 11 is 0. The topological polar surface area (TPSA) is 48.9 Å². The maximum Gasteiger partial charge on any atom is 0.144 e. The van der Waals surface area contributed by atoms with Gasteiger partial charge in [-0.05, 0) is 24.3 Å². The third-order valence-corrected chi connectivity index (χ3v) is 2.67. The van der Waals surface area contributed by atoms with Gasteiger partial charge in [0.25, 0.3) is 0 Å². The highest BCUT2D eigenvalue weighted by molar-refractivity contribution is 5.80. The second-order valence-electron chi connectivity index (χ2n) is 3.88. The van der Waals surface area contributed by atoms with Crippen LogP contribution in [-0.2, 0) is 0 Å². The lowest BCUT2D eigenvalue weighted by atomic mass is 10.2. The summed E-state index contributed by atoms with van der Waals surface area (Å²) in [6.45, 7) is 0. The Labute approximate surface area is 101 Å². The normalized spacial score (nSPS) is 11.0. The van der Waals surface area contributed by atoms with Crippen LogP contribution < -0.4 is 0 Å². The van der Waals surface area contributed by atoms with Gasteiger partial charge in [0.05, 0.1) is 16.6 Å². The van der Waals surface area contributed by atoms with Crippen molar-refractivity contribution in [2.45, 2.75) is 0 Å². The lowest BCUT2D eigenvalue weighted by Gasteiger charge is -2.00. The van der Waals surface area contributed by atoms with E-state index in [0.717, 1.165) is 0 Å². The maximum atomic E-state index is 13.6. The van der Waals surface area contributed by atoms with Crippen molar-refractivity contribution in [2.24, 2.45) is 0 Å². The average molecular weight is 246 g/mol. The molecule has 5 heteroatoms. The Kier molecular flexibility index (Phi) is 2.26. The number of nitrogens with one attached hydrogen (secondary N) is 1. The van der Waals surface area contributed by atoms with Gasteiger partial charge < -0.3 is 10.1 Å². The van der Waals surface area contributed by atoms with Crippen molar-refractivity contribution < 1.29 is 13.9 Å². The van der Waals surface area contributed by atoms with Crippen LogP contribution >= 0.6 is 0 Å². The zero-order valence-corrected chi connectivity index (χ0v) is 9.11. The number of imidazole rings is 1. The van der Waals surface area contributed by atoms with Crippen molar-refractivity contribution in [3.8, 4) is 17.1 Å². The summed E-state index contributed by atoms with van der Waals surface area (Å²) in [4.78, 5) is 6.88. The first-order valence-corrected chi connectivity index (χ1v) is 5.28. The fourth-order valence-electron chi connectivity index (χ4n) is 1.84. The third-order valence-electron chi connectivity index (χ3n) is 2.67. The van der Waals surface area contributed by atoms with Crippen molar-refractivity contribution in [1.82, 2.24) is 9.97 Å². The van der Waals surface area contributed by atoms with E-state index in [9.17, 15) is 13.9 Å². The van der Waals surface area contributed by atoms with Crippen molar-refractivity contribution in [1.29, 1.82) is 0 Å². The Morgan fingerprint density at radius 2 is 1.78 bits per heavy atom. The predicted octanol–water partition coefficient (Wildman–Crippen LogP) is 3.21. The molecule has 2 aromatic carbocycles. The van der Waals surface area contributed by atoms with E-state index in [1.54, 1.807) is 6.07 Å². The van der Waals surface area contributed by atoms with E-state index in [0.29, 0.717) is 11.0 Å². The van der Waals surface area contributed by atoms with Crippen LogP contribution in [0.2, 0.25) is 0 Å². The molecule has 0 aliphatic carbocycles. The quantitative estimate of drug-likeness (QED) is 0.692. The second-order valence-corrected chi connectivity index (χ2v) is 3.88. The summed E-state index contributed by atoms with van der Waals surface area (Å²) in [6, 6.07) is 8.12. The monoisotopic (exact) mass is 246 g/mol. The minimum atomic E-state index is -0.682. The summed E-state index contributed by atoms with van der Waals surface area (Å²) in [7, 11) is 0. The van der Waals surface area contributed by atoms with Gasteiger partial charge in [-0.15, -0.1) is 0 Å². The first kappa shape index (κ1) is 10.7. The lowest BCUT2D eigenvalue weighted by molar-refractivity contribution is 0.476. The molecular weight excluding hydrogens is 238 g/mol. The number of aromatic hydroxyl groups is 1. The molecule has 0 fully saturated rings. The number of H-pyrrole nitrogens is 1. The van der Waals surface area contributed by atoms with E-state index in [1.807, 2.05) is 0 Å². The molecule has 3 rings (SSSR count). The van der Waals surface area contributed by atoms with E-state index in [1.165, 1.54) is 30.3 Å². The zero-order valence-electron chi connectivity index (χ0n) is 9.11. The minimum Gasteiger partial charge on any atom is -0.508 e. The average Bonchev–Trinajstić information content (AvgIpc) is 2.71. The van der Waals surface area contributed by atoms with Gasteiger partial charge in [-0.3, -0.25) is 0 Å². The number of hydrogen-bond acceptors (Lipinski definition) is 2. The summed E-state index contributed by atoms with van der Waals surface area (Å²) < 4.78 is 27.2. The molecule has 0 radical (unpaired) electrons. The number of phenolic OH excluding ortho intramolecular Hbond substituents is 1. The molecule has 0 aliphatic rings. The van der Waals surface area contributed by atoms with Gasteiger partial charge in [-0.2, -0.15) is 0 Å². The Bertz CT molecular complexity index is 717. The molecule has 0 amide bonds. The number of aromatic nitrogens is 2. The third kappa shape index (κ3) is 1.60. The van der Waals surface area contributed by atoms with E-state index in [2.05, 4.69) is 9.97 Å².